The van der Waals surface area contributed by atoms with Crippen LogP contribution in [0, 0.1) is 0 Å². The van der Waals surface area contributed by atoms with Crippen molar-refractivity contribution in [3.05, 3.63) is 64.2 Å². The highest BCUT2D eigenvalue weighted by atomic mass is 16.5. The Bertz CT molecular complexity index is 568. The van der Waals surface area contributed by atoms with E-state index in [0.29, 0.717) is 11.5 Å². The molecule has 0 bridgehead atoms. The van der Waals surface area contributed by atoms with Crippen LogP contribution >= 0.6 is 0 Å². The summed E-state index contributed by atoms with van der Waals surface area (Å²) >= 11 is 0. The van der Waals surface area contributed by atoms with Crippen molar-refractivity contribution in [2.24, 2.45) is 0 Å². The highest BCUT2D eigenvalue weighted by Gasteiger charge is 1.98. The molecule has 0 atom stereocenters. The second kappa shape index (κ2) is 5.16. The molecule has 1 heterocycles. The molecule has 0 radical (unpaired) electrons. The van der Waals surface area contributed by atoms with Gasteiger partial charge in [-0.25, -0.2) is 4.79 Å². The van der Waals surface area contributed by atoms with Crippen LogP contribution in [0.3, 0.4) is 0 Å². The van der Waals surface area contributed by atoms with E-state index < -0.39 is 5.63 Å². The molecule has 0 amide bonds. The minimum absolute atomic E-state index is 0.419. The van der Waals surface area contributed by atoms with E-state index in [1.54, 1.807) is 12.1 Å². The minimum atomic E-state index is -0.419. The summed E-state index contributed by atoms with van der Waals surface area (Å²) in [6.07, 6.45) is 3.61. The van der Waals surface area contributed by atoms with Gasteiger partial charge in [0.15, 0.2) is 0 Å². The molecular formula is C14H12O3. The maximum absolute atomic E-state index is 11.2. The SMILES string of the molecule is COc1cc(/C=C\c2ccccc2)oc(=O)c1. The van der Waals surface area contributed by atoms with E-state index in [1.807, 2.05) is 36.4 Å². The standard InChI is InChI=1S/C14H12O3/c1-16-13-9-12(17-14(15)10-13)8-7-11-5-3-2-4-6-11/h2-10H,1H3/b8-7-. The van der Waals surface area contributed by atoms with Gasteiger partial charge in [0.1, 0.15) is 11.5 Å². The molecule has 1 aromatic carbocycles. The van der Waals surface area contributed by atoms with Gasteiger partial charge in [-0.1, -0.05) is 36.4 Å². The van der Waals surface area contributed by atoms with Crippen molar-refractivity contribution in [1.29, 1.82) is 0 Å². The number of rotatable bonds is 3. The van der Waals surface area contributed by atoms with Crippen LogP contribution in [0.25, 0.3) is 12.2 Å². The summed E-state index contributed by atoms with van der Waals surface area (Å²) in [6, 6.07) is 12.7. The third kappa shape index (κ3) is 3.08. The Morgan fingerprint density at radius 1 is 1.12 bits per heavy atom. The van der Waals surface area contributed by atoms with E-state index in [0.717, 1.165) is 5.56 Å². The van der Waals surface area contributed by atoms with Crippen LogP contribution in [-0.2, 0) is 0 Å². The molecule has 0 saturated heterocycles. The first kappa shape index (κ1) is 11.2. The average Bonchev–Trinajstić information content (AvgIpc) is 2.37. The summed E-state index contributed by atoms with van der Waals surface area (Å²) in [4.78, 5) is 11.2. The molecule has 3 nitrogen and oxygen atoms in total. The Morgan fingerprint density at radius 2 is 1.88 bits per heavy atom. The Hall–Kier alpha value is -2.29. The Labute approximate surface area is 99.0 Å². The maximum Gasteiger partial charge on any atom is 0.339 e. The van der Waals surface area contributed by atoms with E-state index in [9.17, 15) is 4.79 Å². The number of benzene rings is 1. The van der Waals surface area contributed by atoms with Gasteiger partial charge < -0.3 is 9.15 Å². The zero-order valence-electron chi connectivity index (χ0n) is 9.42. The fraction of sp³-hybridized carbons (Fsp3) is 0.0714. The van der Waals surface area contributed by atoms with Crippen LogP contribution in [-0.4, -0.2) is 7.11 Å². The predicted octanol–water partition coefficient (Wildman–Crippen LogP) is 2.82. The van der Waals surface area contributed by atoms with Crippen molar-refractivity contribution in [2.45, 2.75) is 0 Å². The highest BCUT2D eigenvalue weighted by Crippen LogP contribution is 2.12. The van der Waals surface area contributed by atoms with Crippen LogP contribution in [0.5, 0.6) is 5.75 Å². The number of ether oxygens (including phenoxy) is 1. The van der Waals surface area contributed by atoms with Gasteiger partial charge >= 0.3 is 5.63 Å². The fourth-order valence-corrected chi connectivity index (χ4v) is 1.42. The van der Waals surface area contributed by atoms with Gasteiger partial charge in [-0.3, -0.25) is 0 Å². The summed E-state index contributed by atoms with van der Waals surface area (Å²) in [6.45, 7) is 0. The molecule has 2 rings (SSSR count). The smallest absolute Gasteiger partial charge is 0.339 e. The zero-order chi connectivity index (χ0) is 12.1. The molecule has 0 spiro atoms. The second-order valence-electron chi connectivity index (χ2n) is 3.46. The molecule has 3 heteroatoms. The summed E-state index contributed by atoms with van der Waals surface area (Å²) in [5.74, 6) is 0.965. The Morgan fingerprint density at radius 3 is 2.59 bits per heavy atom. The van der Waals surface area contributed by atoms with Gasteiger partial charge in [0.05, 0.1) is 13.2 Å². The first-order valence-corrected chi connectivity index (χ1v) is 5.20. The van der Waals surface area contributed by atoms with Crippen molar-refractivity contribution in [2.75, 3.05) is 7.11 Å². The van der Waals surface area contributed by atoms with E-state index >= 15 is 0 Å². The van der Waals surface area contributed by atoms with Gasteiger partial charge in [0.25, 0.3) is 0 Å². The Balaban J connectivity index is 2.27. The molecular weight excluding hydrogens is 216 g/mol. The van der Waals surface area contributed by atoms with Crippen molar-refractivity contribution in [3.8, 4) is 5.75 Å². The maximum atomic E-state index is 11.2. The number of methoxy groups -OCH3 is 1. The molecule has 1 aromatic heterocycles. The van der Waals surface area contributed by atoms with Crippen molar-refractivity contribution < 1.29 is 9.15 Å². The van der Waals surface area contributed by atoms with Crippen molar-refractivity contribution >= 4 is 12.2 Å². The lowest BCUT2D eigenvalue weighted by Gasteiger charge is -1.98. The fourth-order valence-electron chi connectivity index (χ4n) is 1.42. The molecule has 17 heavy (non-hydrogen) atoms. The zero-order valence-corrected chi connectivity index (χ0v) is 9.42. The molecule has 86 valence electrons. The molecule has 0 saturated carbocycles. The topological polar surface area (TPSA) is 39.4 Å². The first-order chi connectivity index (χ1) is 8.28. The summed E-state index contributed by atoms with van der Waals surface area (Å²) in [7, 11) is 1.51. The van der Waals surface area contributed by atoms with Crippen LogP contribution < -0.4 is 10.4 Å². The van der Waals surface area contributed by atoms with Gasteiger partial charge in [0, 0.05) is 6.07 Å². The quantitative estimate of drug-likeness (QED) is 0.810. The van der Waals surface area contributed by atoms with Gasteiger partial charge in [0.2, 0.25) is 0 Å². The van der Waals surface area contributed by atoms with Crippen LogP contribution in [0.2, 0.25) is 0 Å². The van der Waals surface area contributed by atoms with Crippen molar-refractivity contribution in [1.82, 2.24) is 0 Å². The lowest BCUT2D eigenvalue weighted by molar-refractivity contribution is 0.400. The van der Waals surface area contributed by atoms with Crippen molar-refractivity contribution in [3.63, 3.8) is 0 Å². The minimum Gasteiger partial charge on any atom is -0.496 e. The lowest BCUT2D eigenvalue weighted by Crippen LogP contribution is -1.98. The lowest BCUT2D eigenvalue weighted by atomic mass is 10.2. The number of hydrogen-bond donors (Lipinski definition) is 0. The van der Waals surface area contributed by atoms with Crippen LogP contribution in [0.4, 0.5) is 0 Å². The highest BCUT2D eigenvalue weighted by molar-refractivity contribution is 5.67. The molecule has 2 aromatic rings. The first-order valence-electron chi connectivity index (χ1n) is 5.20. The van der Waals surface area contributed by atoms with E-state index in [4.69, 9.17) is 9.15 Å². The van der Waals surface area contributed by atoms with Gasteiger partial charge in [-0.15, -0.1) is 0 Å². The summed E-state index contributed by atoms with van der Waals surface area (Å²) in [5, 5.41) is 0. The van der Waals surface area contributed by atoms with E-state index in [2.05, 4.69) is 0 Å². The normalized spacial score (nSPS) is 10.6. The summed E-state index contributed by atoms with van der Waals surface area (Å²) in [5.41, 5.74) is 0.620. The average molecular weight is 228 g/mol. The summed E-state index contributed by atoms with van der Waals surface area (Å²) < 4.78 is 10.0. The number of hydrogen-bond acceptors (Lipinski definition) is 3. The van der Waals surface area contributed by atoms with E-state index in [-0.39, 0.29) is 0 Å². The van der Waals surface area contributed by atoms with Gasteiger partial charge in [-0.05, 0) is 11.6 Å². The monoisotopic (exact) mass is 228 g/mol. The van der Waals surface area contributed by atoms with Gasteiger partial charge in [-0.2, -0.15) is 0 Å². The van der Waals surface area contributed by atoms with E-state index in [1.165, 1.54) is 13.2 Å². The largest absolute Gasteiger partial charge is 0.496 e. The molecule has 0 fully saturated rings. The molecule has 0 aliphatic carbocycles. The molecule has 0 N–H and O–H groups in total. The molecule has 0 aliphatic heterocycles. The predicted molar refractivity (Wildman–Crippen MR) is 66.9 cm³/mol. The second-order valence-corrected chi connectivity index (χ2v) is 3.46. The van der Waals surface area contributed by atoms with Crippen LogP contribution in [0.1, 0.15) is 11.3 Å². The van der Waals surface area contributed by atoms with Crippen LogP contribution in [0.15, 0.2) is 51.7 Å². The molecule has 0 unspecified atom stereocenters. The Kier molecular flexibility index (Phi) is 3.40. The third-order valence-electron chi connectivity index (χ3n) is 2.24. The molecule has 0 aliphatic rings. The third-order valence-corrected chi connectivity index (χ3v) is 2.24.